The highest BCUT2D eigenvalue weighted by atomic mass is 16.7. The van der Waals surface area contributed by atoms with Gasteiger partial charge < -0.3 is 4.74 Å². The van der Waals surface area contributed by atoms with E-state index in [9.17, 15) is 4.79 Å². The number of hydrogen-bond donors (Lipinski definition) is 0. The zero-order chi connectivity index (χ0) is 10.2. The third-order valence-electron chi connectivity index (χ3n) is 3.35. The van der Waals surface area contributed by atoms with E-state index in [0.717, 1.165) is 19.3 Å². The molecule has 0 unspecified atom stereocenters. The van der Waals surface area contributed by atoms with E-state index in [4.69, 9.17) is 9.57 Å². The first-order chi connectivity index (χ1) is 6.68. The Labute approximate surface area is 84.1 Å². The van der Waals surface area contributed by atoms with E-state index in [0.29, 0.717) is 6.61 Å². The van der Waals surface area contributed by atoms with Crippen LogP contribution in [-0.4, -0.2) is 36.3 Å². The highest BCUT2D eigenvalue weighted by Gasteiger charge is 2.51. The quantitative estimate of drug-likeness (QED) is 0.624. The molecule has 2 aliphatic rings. The number of carbonyl (C=O) groups excluding carboxylic acids is 1. The van der Waals surface area contributed by atoms with Crippen molar-refractivity contribution in [2.24, 2.45) is 0 Å². The molecule has 0 aromatic heterocycles. The average Bonchev–Trinajstić information content (AvgIpc) is 2.43. The Balaban J connectivity index is 1.95. The van der Waals surface area contributed by atoms with Gasteiger partial charge in [0.05, 0.1) is 6.61 Å². The van der Waals surface area contributed by atoms with Crippen LogP contribution in [0.2, 0.25) is 0 Å². The first kappa shape index (κ1) is 9.93. The van der Waals surface area contributed by atoms with E-state index in [-0.39, 0.29) is 17.6 Å². The fourth-order valence-electron chi connectivity index (χ4n) is 2.28. The highest BCUT2D eigenvalue weighted by molar-refractivity contribution is 5.75. The maximum absolute atomic E-state index is 11.4. The molecule has 2 rings (SSSR count). The van der Waals surface area contributed by atoms with Gasteiger partial charge in [0.2, 0.25) is 0 Å². The molecular formula is C10H17NO3. The molecule has 0 aromatic rings. The van der Waals surface area contributed by atoms with Gasteiger partial charge in [-0.05, 0) is 26.2 Å². The summed E-state index contributed by atoms with van der Waals surface area (Å²) in [6.07, 6.45) is 3.94. The van der Waals surface area contributed by atoms with Gasteiger partial charge in [-0.3, -0.25) is 4.84 Å². The Bertz CT molecular complexity index is 238. The van der Waals surface area contributed by atoms with Crippen LogP contribution in [0.5, 0.6) is 0 Å². The summed E-state index contributed by atoms with van der Waals surface area (Å²) in [6.45, 7) is 2.24. The van der Waals surface area contributed by atoms with Gasteiger partial charge in [0.15, 0.2) is 6.10 Å². The van der Waals surface area contributed by atoms with Gasteiger partial charge in [-0.2, -0.15) is 5.06 Å². The van der Waals surface area contributed by atoms with Crippen molar-refractivity contribution in [3.8, 4) is 0 Å². The molecule has 0 amide bonds. The summed E-state index contributed by atoms with van der Waals surface area (Å²) in [7, 11) is 1.92. The third kappa shape index (κ3) is 1.42. The van der Waals surface area contributed by atoms with Crippen LogP contribution in [0.15, 0.2) is 0 Å². The van der Waals surface area contributed by atoms with Gasteiger partial charge in [0, 0.05) is 19.0 Å². The zero-order valence-corrected chi connectivity index (χ0v) is 8.78. The first-order valence-electron chi connectivity index (χ1n) is 5.25. The van der Waals surface area contributed by atoms with Crippen LogP contribution in [0.1, 0.15) is 32.6 Å². The molecule has 0 radical (unpaired) electrons. The van der Waals surface area contributed by atoms with Gasteiger partial charge in [-0.25, -0.2) is 4.79 Å². The lowest BCUT2D eigenvalue weighted by Gasteiger charge is -2.41. The second kappa shape index (κ2) is 3.51. The smallest absolute Gasteiger partial charge is 0.337 e. The van der Waals surface area contributed by atoms with Gasteiger partial charge in [0.1, 0.15) is 0 Å². The van der Waals surface area contributed by atoms with Crippen LogP contribution in [0.4, 0.5) is 0 Å². The molecule has 4 nitrogen and oxygen atoms in total. The standard InChI is InChI=1S/C10H17NO3/c1-3-13-9(12)8-7-10(5-4-6-10)11(2)14-8/h8H,3-7H2,1-2H3/t8-/m1/s1. The van der Waals surface area contributed by atoms with Crippen molar-refractivity contribution in [2.45, 2.75) is 44.2 Å². The lowest BCUT2D eigenvalue weighted by molar-refractivity contribution is -0.199. The number of hydroxylamine groups is 2. The zero-order valence-electron chi connectivity index (χ0n) is 8.78. The van der Waals surface area contributed by atoms with Crippen molar-refractivity contribution in [2.75, 3.05) is 13.7 Å². The minimum Gasteiger partial charge on any atom is -0.464 e. The molecule has 1 aliphatic carbocycles. The first-order valence-corrected chi connectivity index (χ1v) is 5.25. The van der Waals surface area contributed by atoms with Crippen LogP contribution in [-0.2, 0) is 14.4 Å². The second-order valence-corrected chi connectivity index (χ2v) is 4.13. The Kier molecular flexibility index (Phi) is 2.49. The van der Waals surface area contributed by atoms with Gasteiger partial charge >= 0.3 is 5.97 Å². The molecule has 1 atom stereocenters. The molecule has 1 aliphatic heterocycles. The summed E-state index contributed by atoms with van der Waals surface area (Å²) in [4.78, 5) is 16.9. The molecule has 1 saturated heterocycles. The van der Waals surface area contributed by atoms with Crippen molar-refractivity contribution in [1.82, 2.24) is 5.06 Å². The van der Waals surface area contributed by atoms with Crippen LogP contribution in [0, 0.1) is 0 Å². The number of carbonyl (C=O) groups is 1. The van der Waals surface area contributed by atoms with E-state index >= 15 is 0 Å². The summed E-state index contributed by atoms with van der Waals surface area (Å²) in [5.41, 5.74) is 0.136. The SMILES string of the molecule is CCOC(=O)[C@H]1CC2(CCC2)N(C)O1. The van der Waals surface area contributed by atoms with E-state index in [1.807, 2.05) is 19.0 Å². The summed E-state index contributed by atoms with van der Waals surface area (Å²) in [5, 5.41) is 1.86. The van der Waals surface area contributed by atoms with Crippen molar-refractivity contribution >= 4 is 5.97 Å². The fourth-order valence-corrected chi connectivity index (χ4v) is 2.28. The lowest BCUT2D eigenvalue weighted by Crippen LogP contribution is -2.46. The van der Waals surface area contributed by atoms with Gasteiger partial charge in [-0.15, -0.1) is 0 Å². The minimum absolute atomic E-state index is 0.136. The fraction of sp³-hybridized carbons (Fsp3) is 0.900. The summed E-state index contributed by atoms with van der Waals surface area (Å²) < 4.78 is 4.95. The van der Waals surface area contributed by atoms with Crippen LogP contribution < -0.4 is 0 Å². The molecule has 1 spiro atoms. The molecule has 2 fully saturated rings. The predicted molar refractivity (Wildman–Crippen MR) is 50.5 cm³/mol. The second-order valence-electron chi connectivity index (χ2n) is 4.13. The number of rotatable bonds is 2. The van der Waals surface area contributed by atoms with Gasteiger partial charge in [0.25, 0.3) is 0 Å². The Morgan fingerprint density at radius 3 is 2.79 bits per heavy atom. The lowest BCUT2D eigenvalue weighted by atomic mass is 9.74. The summed E-state index contributed by atoms with van der Waals surface area (Å²) in [5.74, 6) is -0.219. The number of ether oxygens (including phenoxy) is 1. The van der Waals surface area contributed by atoms with E-state index in [1.165, 1.54) is 6.42 Å². The van der Waals surface area contributed by atoms with Gasteiger partial charge in [-0.1, -0.05) is 0 Å². The molecule has 14 heavy (non-hydrogen) atoms. The van der Waals surface area contributed by atoms with E-state index in [1.54, 1.807) is 0 Å². The van der Waals surface area contributed by atoms with Crippen LogP contribution >= 0.6 is 0 Å². The number of hydrogen-bond acceptors (Lipinski definition) is 4. The van der Waals surface area contributed by atoms with E-state index < -0.39 is 0 Å². The molecule has 0 aromatic carbocycles. The minimum atomic E-state index is -0.375. The van der Waals surface area contributed by atoms with Crippen molar-refractivity contribution in [1.29, 1.82) is 0 Å². The third-order valence-corrected chi connectivity index (χ3v) is 3.35. The average molecular weight is 199 g/mol. The maximum atomic E-state index is 11.4. The number of esters is 1. The molecule has 1 heterocycles. The molecule has 4 heteroatoms. The summed E-state index contributed by atoms with van der Waals surface area (Å²) in [6, 6.07) is 0. The molecule has 1 saturated carbocycles. The highest BCUT2D eigenvalue weighted by Crippen LogP contribution is 2.45. The topological polar surface area (TPSA) is 38.8 Å². The van der Waals surface area contributed by atoms with Crippen LogP contribution in [0.25, 0.3) is 0 Å². The van der Waals surface area contributed by atoms with Crippen LogP contribution in [0.3, 0.4) is 0 Å². The molecular weight excluding hydrogens is 182 g/mol. The number of nitrogens with zero attached hydrogens (tertiary/aromatic N) is 1. The Morgan fingerprint density at radius 2 is 2.36 bits per heavy atom. The van der Waals surface area contributed by atoms with Crippen molar-refractivity contribution in [3.63, 3.8) is 0 Å². The maximum Gasteiger partial charge on any atom is 0.337 e. The summed E-state index contributed by atoms with van der Waals surface area (Å²) >= 11 is 0. The molecule has 0 bridgehead atoms. The molecule has 80 valence electrons. The van der Waals surface area contributed by atoms with Crippen molar-refractivity contribution in [3.05, 3.63) is 0 Å². The largest absolute Gasteiger partial charge is 0.464 e. The Hall–Kier alpha value is -0.610. The molecule has 0 N–H and O–H groups in total. The predicted octanol–water partition coefficient (Wildman–Crippen LogP) is 1.11. The van der Waals surface area contributed by atoms with E-state index in [2.05, 4.69) is 0 Å². The Morgan fingerprint density at radius 1 is 1.64 bits per heavy atom. The van der Waals surface area contributed by atoms with Crippen molar-refractivity contribution < 1.29 is 14.4 Å². The normalized spacial score (nSPS) is 30.3. The monoisotopic (exact) mass is 199 g/mol.